The lowest BCUT2D eigenvalue weighted by atomic mass is 10.1. The van der Waals surface area contributed by atoms with Gasteiger partial charge in [0.1, 0.15) is 17.8 Å². The summed E-state index contributed by atoms with van der Waals surface area (Å²) >= 11 is 0. The van der Waals surface area contributed by atoms with Crippen molar-refractivity contribution in [1.82, 2.24) is 20.1 Å². The number of benzene rings is 2. The molecule has 7 heteroatoms. The third-order valence-electron chi connectivity index (χ3n) is 3.93. The number of aromatic nitrogens is 3. The molecule has 0 aliphatic rings. The van der Waals surface area contributed by atoms with Gasteiger partial charge in [-0.15, -0.1) is 10.2 Å². The number of amides is 1. The molecule has 2 aromatic carbocycles. The summed E-state index contributed by atoms with van der Waals surface area (Å²) in [4.78, 5) is 12.4. The molecular formula is C19H20N4O3. The van der Waals surface area contributed by atoms with Gasteiger partial charge in [0.25, 0.3) is 0 Å². The number of hydrogen-bond acceptors (Lipinski definition) is 5. The van der Waals surface area contributed by atoms with E-state index >= 15 is 0 Å². The number of para-hydroxylation sites is 1. The summed E-state index contributed by atoms with van der Waals surface area (Å²) in [5.41, 5.74) is 1.70. The Kier molecular flexibility index (Phi) is 5.48. The van der Waals surface area contributed by atoms with Crippen molar-refractivity contribution >= 4 is 5.91 Å². The molecule has 0 atom stereocenters. The third kappa shape index (κ3) is 4.00. The Morgan fingerprint density at radius 1 is 1.12 bits per heavy atom. The molecule has 0 radical (unpaired) electrons. The summed E-state index contributed by atoms with van der Waals surface area (Å²) in [5.74, 6) is 1.84. The second kappa shape index (κ2) is 8.15. The summed E-state index contributed by atoms with van der Waals surface area (Å²) in [5, 5.41) is 10.9. The Bertz CT molecular complexity index is 878. The molecule has 0 aliphatic heterocycles. The lowest BCUT2D eigenvalue weighted by molar-refractivity contribution is -0.120. The number of nitrogens with one attached hydrogen (secondary N) is 1. The molecular weight excluding hydrogens is 332 g/mol. The molecule has 1 heterocycles. The topological polar surface area (TPSA) is 78.3 Å². The first-order valence-electron chi connectivity index (χ1n) is 8.13. The maximum Gasteiger partial charge on any atom is 0.224 e. The molecule has 0 saturated carbocycles. The normalized spacial score (nSPS) is 10.4. The number of carbonyl (C=O) groups is 1. The van der Waals surface area contributed by atoms with Crippen LogP contribution in [0.4, 0.5) is 0 Å². The van der Waals surface area contributed by atoms with E-state index in [2.05, 4.69) is 15.5 Å². The minimum absolute atomic E-state index is 0.140. The predicted octanol–water partition coefficient (Wildman–Crippen LogP) is 2.14. The van der Waals surface area contributed by atoms with Gasteiger partial charge in [-0.2, -0.15) is 0 Å². The standard InChI is InChI=1S/C19H20N4O3/c1-25-16-8-9-17(26-2)14(10-16)11-19(24)20-12-18-22-21-13-23(18)15-6-4-3-5-7-15/h3-10,13H,11-12H2,1-2H3,(H,20,24). The number of hydrogen-bond donors (Lipinski definition) is 1. The summed E-state index contributed by atoms with van der Waals surface area (Å²) in [6, 6.07) is 15.1. The molecule has 0 aliphatic carbocycles. The van der Waals surface area contributed by atoms with Crippen LogP contribution in [0.2, 0.25) is 0 Å². The Balaban J connectivity index is 1.67. The number of rotatable bonds is 7. The van der Waals surface area contributed by atoms with E-state index in [1.54, 1.807) is 38.7 Å². The minimum Gasteiger partial charge on any atom is -0.497 e. The second-order valence-corrected chi connectivity index (χ2v) is 5.58. The molecule has 0 fully saturated rings. The quantitative estimate of drug-likeness (QED) is 0.705. The van der Waals surface area contributed by atoms with Crippen LogP contribution in [-0.4, -0.2) is 34.9 Å². The van der Waals surface area contributed by atoms with E-state index in [1.807, 2.05) is 34.9 Å². The van der Waals surface area contributed by atoms with Crippen molar-refractivity contribution in [2.75, 3.05) is 14.2 Å². The van der Waals surface area contributed by atoms with Crippen LogP contribution in [0.25, 0.3) is 5.69 Å². The highest BCUT2D eigenvalue weighted by molar-refractivity contribution is 5.79. The van der Waals surface area contributed by atoms with E-state index in [-0.39, 0.29) is 18.9 Å². The van der Waals surface area contributed by atoms with Gasteiger partial charge in [-0.1, -0.05) is 18.2 Å². The molecule has 134 valence electrons. The molecule has 0 bridgehead atoms. The van der Waals surface area contributed by atoms with Gasteiger partial charge in [0.15, 0.2) is 5.82 Å². The average molecular weight is 352 g/mol. The van der Waals surface area contributed by atoms with Gasteiger partial charge in [-0.3, -0.25) is 9.36 Å². The van der Waals surface area contributed by atoms with Gasteiger partial charge in [-0.25, -0.2) is 0 Å². The highest BCUT2D eigenvalue weighted by atomic mass is 16.5. The van der Waals surface area contributed by atoms with Crippen molar-refractivity contribution in [2.24, 2.45) is 0 Å². The third-order valence-corrected chi connectivity index (χ3v) is 3.93. The fraction of sp³-hybridized carbons (Fsp3) is 0.211. The first kappa shape index (κ1) is 17.5. The summed E-state index contributed by atoms with van der Waals surface area (Å²) in [6.45, 7) is 0.278. The maximum atomic E-state index is 12.4. The van der Waals surface area contributed by atoms with E-state index in [9.17, 15) is 4.79 Å². The highest BCUT2D eigenvalue weighted by Gasteiger charge is 2.12. The fourth-order valence-electron chi connectivity index (χ4n) is 2.62. The van der Waals surface area contributed by atoms with Crippen LogP contribution in [0.3, 0.4) is 0 Å². The molecule has 1 aromatic heterocycles. The van der Waals surface area contributed by atoms with Crippen LogP contribution in [-0.2, 0) is 17.8 Å². The van der Waals surface area contributed by atoms with Gasteiger partial charge in [0, 0.05) is 11.3 Å². The highest BCUT2D eigenvalue weighted by Crippen LogP contribution is 2.24. The maximum absolute atomic E-state index is 12.4. The average Bonchev–Trinajstić information content (AvgIpc) is 3.15. The van der Waals surface area contributed by atoms with Gasteiger partial charge in [0.05, 0.1) is 27.2 Å². The van der Waals surface area contributed by atoms with Crippen LogP contribution < -0.4 is 14.8 Å². The monoisotopic (exact) mass is 352 g/mol. The predicted molar refractivity (Wildman–Crippen MR) is 96.5 cm³/mol. The lowest BCUT2D eigenvalue weighted by Crippen LogP contribution is -2.26. The first-order valence-corrected chi connectivity index (χ1v) is 8.13. The number of carbonyl (C=O) groups excluding carboxylic acids is 1. The zero-order valence-electron chi connectivity index (χ0n) is 14.7. The van der Waals surface area contributed by atoms with Crippen molar-refractivity contribution in [3.8, 4) is 17.2 Å². The van der Waals surface area contributed by atoms with Gasteiger partial charge < -0.3 is 14.8 Å². The molecule has 0 unspecified atom stereocenters. The molecule has 3 rings (SSSR count). The van der Waals surface area contributed by atoms with Crippen LogP contribution in [0.15, 0.2) is 54.9 Å². The molecule has 1 N–H and O–H groups in total. The first-order chi connectivity index (χ1) is 12.7. The van der Waals surface area contributed by atoms with Crippen molar-refractivity contribution in [3.05, 3.63) is 66.2 Å². The van der Waals surface area contributed by atoms with Crippen molar-refractivity contribution in [1.29, 1.82) is 0 Å². The van der Waals surface area contributed by atoms with E-state index in [0.29, 0.717) is 17.3 Å². The van der Waals surface area contributed by atoms with Crippen molar-refractivity contribution in [2.45, 2.75) is 13.0 Å². The van der Waals surface area contributed by atoms with Gasteiger partial charge >= 0.3 is 0 Å². The Labute approximate surface area is 151 Å². The smallest absolute Gasteiger partial charge is 0.224 e. The molecule has 1 amide bonds. The van der Waals surface area contributed by atoms with Gasteiger partial charge in [0.2, 0.25) is 5.91 Å². The lowest BCUT2D eigenvalue weighted by Gasteiger charge is -2.11. The molecule has 0 saturated heterocycles. The van der Waals surface area contributed by atoms with Crippen LogP contribution in [0.5, 0.6) is 11.5 Å². The Morgan fingerprint density at radius 3 is 2.65 bits per heavy atom. The van der Waals surface area contributed by atoms with E-state index in [1.165, 1.54) is 0 Å². The number of methoxy groups -OCH3 is 2. The zero-order chi connectivity index (χ0) is 18.4. The summed E-state index contributed by atoms with van der Waals surface area (Å²) in [6.07, 6.45) is 1.81. The van der Waals surface area contributed by atoms with Crippen molar-refractivity contribution in [3.63, 3.8) is 0 Å². The number of nitrogens with zero attached hydrogens (tertiary/aromatic N) is 3. The Hall–Kier alpha value is -3.35. The minimum atomic E-state index is -0.140. The number of ether oxygens (including phenoxy) is 2. The van der Waals surface area contributed by atoms with E-state index in [0.717, 1.165) is 11.3 Å². The summed E-state index contributed by atoms with van der Waals surface area (Å²) in [7, 11) is 3.16. The van der Waals surface area contributed by atoms with Crippen molar-refractivity contribution < 1.29 is 14.3 Å². The largest absolute Gasteiger partial charge is 0.497 e. The zero-order valence-corrected chi connectivity index (χ0v) is 14.7. The molecule has 3 aromatic rings. The molecule has 0 spiro atoms. The van der Waals surface area contributed by atoms with Crippen LogP contribution in [0.1, 0.15) is 11.4 Å². The van der Waals surface area contributed by atoms with Gasteiger partial charge in [-0.05, 0) is 30.3 Å². The SMILES string of the molecule is COc1ccc(OC)c(CC(=O)NCc2nncn2-c2ccccc2)c1. The van der Waals surface area contributed by atoms with E-state index in [4.69, 9.17) is 9.47 Å². The Morgan fingerprint density at radius 2 is 1.92 bits per heavy atom. The second-order valence-electron chi connectivity index (χ2n) is 5.58. The molecule has 7 nitrogen and oxygen atoms in total. The van der Waals surface area contributed by atoms with E-state index < -0.39 is 0 Å². The van der Waals surface area contributed by atoms with Crippen LogP contribution in [0, 0.1) is 0 Å². The molecule has 26 heavy (non-hydrogen) atoms. The summed E-state index contributed by atoms with van der Waals surface area (Å²) < 4.78 is 12.4. The van der Waals surface area contributed by atoms with Crippen LogP contribution >= 0.6 is 0 Å². The fourth-order valence-corrected chi connectivity index (χ4v) is 2.62.